The molecule has 0 atom stereocenters. The predicted molar refractivity (Wildman–Crippen MR) is 71.1 cm³/mol. The molecule has 102 valence electrons. The van der Waals surface area contributed by atoms with Gasteiger partial charge in [0, 0.05) is 6.04 Å². The summed E-state index contributed by atoms with van der Waals surface area (Å²) in [5.74, 6) is -0.185. The zero-order valence-corrected chi connectivity index (χ0v) is 12.2. The van der Waals surface area contributed by atoms with Crippen molar-refractivity contribution in [1.29, 1.82) is 0 Å². The lowest BCUT2D eigenvalue weighted by atomic mass is 10.2. The Kier molecular flexibility index (Phi) is 7.39. The minimum atomic E-state index is -0.392. The lowest BCUT2D eigenvalue weighted by Gasteiger charge is -2.21. The maximum atomic E-state index is 11.4. The molecule has 0 saturated carbocycles. The zero-order chi connectivity index (χ0) is 13.5. The Morgan fingerprint density at radius 3 is 2.41 bits per heavy atom. The monoisotopic (exact) mass is 244 g/mol. The van der Waals surface area contributed by atoms with Gasteiger partial charge in [-0.1, -0.05) is 0 Å². The highest BCUT2D eigenvalue weighted by Gasteiger charge is 2.15. The van der Waals surface area contributed by atoms with Crippen LogP contribution in [0.15, 0.2) is 0 Å². The van der Waals surface area contributed by atoms with Crippen LogP contribution in [0.4, 0.5) is 0 Å². The van der Waals surface area contributed by atoms with Crippen molar-refractivity contribution in [2.75, 3.05) is 26.7 Å². The van der Waals surface area contributed by atoms with E-state index in [0.717, 1.165) is 19.5 Å². The summed E-state index contributed by atoms with van der Waals surface area (Å²) < 4.78 is 5.19. The van der Waals surface area contributed by atoms with Gasteiger partial charge in [0.25, 0.3) is 0 Å². The van der Waals surface area contributed by atoms with E-state index in [9.17, 15) is 4.79 Å². The first kappa shape index (κ1) is 16.4. The van der Waals surface area contributed by atoms with Gasteiger partial charge in [0.1, 0.15) is 5.60 Å². The van der Waals surface area contributed by atoms with E-state index in [1.54, 1.807) is 0 Å². The number of hydrogen-bond acceptors (Lipinski definition) is 4. The Bertz CT molecular complexity index is 222. The summed E-state index contributed by atoms with van der Waals surface area (Å²) >= 11 is 0. The van der Waals surface area contributed by atoms with E-state index < -0.39 is 5.60 Å². The molecule has 0 saturated heterocycles. The van der Waals surface area contributed by atoms with Gasteiger partial charge in [0.05, 0.1) is 6.54 Å². The molecule has 4 nitrogen and oxygen atoms in total. The first-order valence-corrected chi connectivity index (χ1v) is 6.35. The standard InChI is InChI=1S/C13H28N2O2/c1-11(2)15(6)9-7-8-14-10-12(16)17-13(3,4)5/h11,14H,7-10H2,1-6H3. The molecular formula is C13H28N2O2. The molecule has 0 aromatic heterocycles. The quantitative estimate of drug-likeness (QED) is 0.546. The number of carbonyl (C=O) groups is 1. The molecule has 1 N–H and O–H groups in total. The summed E-state index contributed by atoms with van der Waals surface area (Å²) in [5, 5.41) is 3.10. The molecule has 0 aliphatic carbocycles. The van der Waals surface area contributed by atoms with E-state index >= 15 is 0 Å². The Hall–Kier alpha value is -0.610. The van der Waals surface area contributed by atoms with Crippen LogP contribution in [0.5, 0.6) is 0 Å². The third-order valence-electron chi connectivity index (χ3n) is 2.44. The van der Waals surface area contributed by atoms with Crippen LogP contribution in [-0.4, -0.2) is 49.2 Å². The molecule has 0 aliphatic rings. The molecule has 17 heavy (non-hydrogen) atoms. The number of esters is 1. The molecule has 0 aliphatic heterocycles. The largest absolute Gasteiger partial charge is 0.459 e. The van der Waals surface area contributed by atoms with Crippen LogP contribution in [0, 0.1) is 0 Å². The number of carbonyl (C=O) groups excluding carboxylic acids is 1. The van der Waals surface area contributed by atoms with E-state index in [0.29, 0.717) is 12.6 Å². The number of ether oxygens (including phenoxy) is 1. The minimum Gasteiger partial charge on any atom is -0.459 e. The van der Waals surface area contributed by atoms with Crippen molar-refractivity contribution >= 4 is 5.97 Å². The fourth-order valence-electron chi connectivity index (χ4n) is 1.28. The van der Waals surface area contributed by atoms with E-state index in [-0.39, 0.29) is 5.97 Å². The van der Waals surface area contributed by atoms with Gasteiger partial charge in [-0.25, -0.2) is 0 Å². The molecule has 0 amide bonds. The second-order valence-electron chi connectivity index (χ2n) is 5.69. The van der Waals surface area contributed by atoms with E-state index in [1.165, 1.54) is 0 Å². The molecule has 0 radical (unpaired) electrons. The van der Waals surface area contributed by atoms with E-state index in [1.807, 2.05) is 20.8 Å². The normalized spacial score (nSPS) is 12.2. The van der Waals surface area contributed by atoms with Gasteiger partial charge in [-0.3, -0.25) is 4.79 Å². The third-order valence-corrected chi connectivity index (χ3v) is 2.44. The molecule has 0 spiro atoms. The highest BCUT2D eigenvalue weighted by Crippen LogP contribution is 2.06. The van der Waals surface area contributed by atoms with Crippen molar-refractivity contribution in [2.45, 2.75) is 52.7 Å². The van der Waals surface area contributed by atoms with Gasteiger partial charge >= 0.3 is 5.97 Å². The maximum Gasteiger partial charge on any atom is 0.320 e. The average Bonchev–Trinajstić information content (AvgIpc) is 2.13. The van der Waals surface area contributed by atoms with Crippen LogP contribution in [0.1, 0.15) is 41.0 Å². The van der Waals surface area contributed by atoms with Crippen molar-refractivity contribution in [3.8, 4) is 0 Å². The second kappa shape index (κ2) is 7.67. The van der Waals surface area contributed by atoms with Crippen molar-refractivity contribution in [3.05, 3.63) is 0 Å². The molecule has 0 aromatic carbocycles. The average molecular weight is 244 g/mol. The number of hydrogen-bond donors (Lipinski definition) is 1. The van der Waals surface area contributed by atoms with Crippen LogP contribution < -0.4 is 5.32 Å². The van der Waals surface area contributed by atoms with Crippen molar-refractivity contribution in [1.82, 2.24) is 10.2 Å². The molecule has 4 heteroatoms. The molecule has 0 unspecified atom stereocenters. The van der Waals surface area contributed by atoms with Crippen molar-refractivity contribution in [3.63, 3.8) is 0 Å². The molecule has 0 aromatic rings. The Labute approximate surface area is 106 Å². The van der Waals surface area contributed by atoms with Gasteiger partial charge in [0.2, 0.25) is 0 Å². The Morgan fingerprint density at radius 2 is 1.94 bits per heavy atom. The minimum absolute atomic E-state index is 0.185. The Balaban J connectivity index is 3.49. The first-order valence-electron chi connectivity index (χ1n) is 6.35. The first-order chi connectivity index (χ1) is 7.72. The smallest absolute Gasteiger partial charge is 0.320 e. The fourth-order valence-corrected chi connectivity index (χ4v) is 1.28. The van der Waals surface area contributed by atoms with Crippen LogP contribution in [0.3, 0.4) is 0 Å². The zero-order valence-electron chi connectivity index (χ0n) is 12.2. The molecule has 0 fully saturated rings. The highest BCUT2D eigenvalue weighted by molar-refractivity contribution is 5.72. The van der Waals surface area contributed by atoms with Crippen LogP contribution in [0.2, 0.25) is 0 Å². The lowest BCUT2D eigenvalue weighted by molar-refractivity contribution is -0.153. The second-order valence-corrected chi connectivity index (χ2v) is 5.69. The summed E-state index contributed by atoms with van der Waals surface area (Å²) in [4.78, 5) is 13.7. The molecular weight excluding hydrogens is 216 g/mol. The number of nitrogens with one attached hydrogen (secondary N) is 1. The highest BCUT2D eigenvalue weighted by atomic mass is 16.6. The molecule has 0 heterocycles. The van der Waals surface area contributed by atoms with Gasteiger partial charge in [-0.2, -0.15) is 0 Å². The maximum absolute atomic E-state index is 11.4. The van der Waals surface area contributed by atoms with Crippen molar-refractivity contribution < 1.29 is 9.53 Å². The summed E-state index contributed by atoms with van der Waals surface area (Å²) in [5.41, 5.74) is -0.392. The van der Waals surface area contributed by atoms with Gasteiger partial charge < -0.3 is 15.0 Å². The Morgan fingerprint density at radius 1 is 1.35 bits per heavy atom. The SMILES string of the molecule is CC(C)N(C)CCCNCC(=O)OC(C)(C)C. The summed E-state index contributed by atoms with van der Waals surface area (Å²) in [6.45, 7) is 12.2. The topological polar surface area (TPSA) is 41.6 Å². The fraction of sp³-hybridized carbons (Fsp3) is 0.923. The predicted octanol–water partition coefficient (Wildman–Crippen LogP) is 1.65. The van der Waals surface area contributed by atoms with Crippen LogP contribution >= 0.6 is 0 Å². The van der Waals surface area contributed by atoms with Gasteiger partial charge in [-0.15, -0.1) is 0 Å². The number of nitrogens with zero attached hydrogens (tertiary/aromatic N) is 1. The summed E-state index contributed by atoms with van der Waals surface area (Å²) in [6.07, 6.45) is 1.04. The third kappa shape index (κ3) is 10.3. The number of rotatable bonds is 7. The molecule has 0 rings (SSSR count). The van der Waals surface area contributed by atoms with E-state index in [2.05, 4.69) is 31.1 Å². The lowest BCUT2D eigenvalue weighted by Crippen LogP contribution is -2.33. The summed E-state index contributed by atoms with van der Waals surface area (Å²) in [7, 11) is 2.11. The van der Waals surface area contributed by atoms with Gasteiger partial charge in [-0.05, 0) is 61.2 Å². The summed E-state index contributed by atoms with van der Waals surface area (Å²) in [6, 6.07) is 0.570. The van der Waals surface area contributed by atoms with Crippen molar-refractivity contribution in [2.24, 2.45) is 0 Å². The van der Waals surface area contributed by atoms with Gasteiger partial charge in [0.15, 0.2) is 0 Å². The van der Waals surface area contributed by atoms with E-state index in [4.69, 9.17) is 4.74 Å². The molecule has 0 bridgehead atoms. The van der Waals surface area contributed by atoms with Crippen LogP contribution in [0.25, 0.3) is 0 Å². The van der Waals surface area contributed by atoms with Crippen LogP contribution in [-0.2, 0) is 9.53 Å².